The Kier molecular flexibility index (Phi) is 5.45. The third kappa shape index (κ3) is 4.19. The Morgan fingerprint density at radius 3 is 2.71 bits per heavy atom. The Balaban J connectivity index is 1.96. The second kappa shape index (κ2) is 7.66. The standard InChI is InChI=1S/C17H21N5O5S/c1-12(2)8-20(14-5-6-28(26,27)9-14)17(23)13-3-4-15(16(7-13)22(24)25)21-11-18-10-19-21/h3-4,7,10-12,14H,5-6,8-9H2,1-2H3/t14-/m0/s1. The molecule has 0 saturated carbocycles. The molecule has 0 N–H and O–H groups in total. The van der Waals surface area contributed by atoms with E-state index in [2.05, 4.69) is 10.1 Å². The number of nitro benzene ring substituents is 1. The van der Waals surface area contributed by atoms with Gasteiger partial charge in [-0.2, -0.15) is 5.10 Å². The molecular formula is C17H21N5O5S. The van der Waals surface area contributed by atoms with Crippen LogP contribution in [-0.4, -0.2) is 63.0 Å². The van der Waals surface area contributed by atoms with E-state index < -0.39 is 26.7 Å². The highest BCUT2D eigenvalue weighted by Crippen LogP contribution is 2.26. The molecule has 2 heterocycles. The fourth-order valence-corrected chi connectivity index (χ4v) is 5.04. The zero-order valence-electron chi connectivity index (χ0n) is 15.6. The van der Waals surface area contributed by atoms with Crippen LogP contribution in [0.25, 0.3) is 5.69 Å². The number of carbonyl (C=O) groups excluding carboxylic acids is 1. The topological polar surface area (TPSA) is 128 Å². The van der Waals surface area contributed by atoms with Crippen LogP contribution >= 0.6 is 0 Å². The molecule has 1 aliphatic rings. The molecule has 0 unspecified atom stereocenters. The average Bonchev–Trinajstić information content (AvgIpc) is 3.28. The summed E-state index contributed by atoms with van der Waals surface area (Å²) in [4.78, 5) is 29.4. The second-order valence-electron chi connectivity index (χ2n) is 7.21. The Hall–Kier alpha value is -2.82. The van der Waals surface area contributed by atoms with Gasteiger partial charge >= 0.3 is 0 Å². The van der Waals surface area contributed by atoms with Crippen molar-refractivity contribution < 1.29 is 18.1 Å². The first kappa shape index (κ1) is 19.9. The lowest BCUT2D eigenvalue weighted by molar-refractivity contribution is -0.384. The summed E-state index contributed by atoms with van der Waals surface area (Å²) < 4.78 is 25.0. The molecule has 1 saturated heterocycles. The molecule has 1 atom stereocenters. The molecule has 150 valence electrons. The number of benzene rings is 1. The minimum absolute atomic E-state index is 0.0466. The van der Waals surface area contributed by atoms with Gasteiger partial charge in [0.2, 0.25) is 0 Å². The van der Waals surface area contributed by atoms with Crippen LogP contribution in [0, 0.1) is 16.0 Å². The Morgan fingerprint density at radius 1 is 1.43 bits per heavy atom. The van der Waals surface area contributed by atoms with Gasteiger partial charge in [-0.15, -0.1) is 0 Å². The van der Waals surface area contributed by atoms with E-state index in [-0.39, 0.29) is 34.4 Å². The Morgan fingerprint density at radius 2 is 2.18 bits per heavy atom. The smallest absolute Gasteiger partial charge is 0.295 e. The quantitative estimate of drug-likeness (QED) is 0.524. The molecule has 0 spiro atoms. The molecule has 0 radical (unpaired) electrons. The fourth-order valence-electron chi connectivity index (χ4n) is 3.31. The largest absolute Gasteiger partial charge is 0.334 e. The molecule has 0 aliphatic carbocycles. The van der Waals surface area contributed by atoms with Crippen LogP contribution in [0.4, 0.5) is 5.69 Å². The third-order valence-electron chi connectivity index (χ3n) is 4.56. The van der Waals surface area contributed by atoms with Gasteiger partial charge in [0.05, 0.1) is 16.4 Å². The summed E-state index contributed by atoms with van der Waals surface area (Å²) in [5.74, 6) is -0.323. The summed E-state index contributed by atoms with van der Waals surface area (Å²) in [5, 5.41) is 15.4. The average molecular weight is 407 g/mol. The normalized spacial score (nSPS) is 18.3. The van der Waals surface area contributed by atoms with Gasteiger partial charge in [-0.05, 0) is 24.5 Å². The van der Waals surface area contributed by atoms with E-state index >= 15 is 0 Å². The van der Waals surface area contributed by atoms with Crippen molar-refractivity contribution in [1.82, 2.24) is 19.7 Å². The first-order valence-electron chi connectivity index (χ1n) is 8.83. The first-order chi connectivity index (χ1) is 13.2. The van der Waals surface area contributed by atoms with E-state index in [1.807, 2.05) is 13.8 Å². The number of rotatable bonds is 6. The van der Waals surface area contributed by atoms with Gasteiger partial charge in [0.1, 0.15) is 18.3 Å². The van der Waals surface area contributed by atoms with Crippen LogP contribution in [-0.2, 0) is 9.84 Å². The number of carbonyl (C=O) groups is 1. The molecule has 10 nitrogen and oxygen atoms in total. The van der Waals surface area contributed by atoms with Crippen LogP contribution in [0.5, 0.6) is 0 Å². The van der Waals surface area contributed by atoms with Crippen LogP contribution in [0.1, 0.15) is 30.6 Å². The summed E-state index contributed by atoms with van der Waals surface area (Å²) >= 11 is 0. The van der Waals surface area contributed by atoms with E-state index in [4.69, 9.17) is 0 Å². The summed E-state index contributed by atoms with van der Waals surface area (Å²) in [6, 6.07) is 3.71. The molecule has 1 aromatic heterocycles. The minimum Gasteiger partial charge on any atom is -0.334 e. The first-order valence-corrected chi connectivity index (χ1v) is 10.6. The van der Waals surface area contributed by atoms with Crippen molar-refractivity contribution >= 4 is 21.4 Å². The van der Waals surface area contributed by atoms with Crippen LogP contribution in [0.15, 0.2) is 30.9 Å². The molecule has 1 aromatic carbocycles. The van der Waals surface area contributed by atoms with Gasteiger partial charge in [-0.1, -0.05) is 13.8 Å². The second-order valence-corrected chi connectivity index (χ2v) is 9.44. The van der Waals surface area contributed by atoms with Crippen LogP contribution in [0.2, 0.25) is 0 Å². The van der Waals surface area contributed by atoms with Crippen molar-refractivity contribution in [3.63, 3.8) is 0 Å². The maximum Gasteiger partial charge on any atom is 0.295 e. The highest BCUT2D eigenvalue weighted by atomic mass is 32.2. The lowest BCUT2D eigenvalue weighted by Gasteiger charge is -2.30. The highest BCUT2D eigenvalue weighted by molar-refractivity contribution is 7.91. The van der Waals surface area contributed by atoms with Crippen molar-refractivity contribution in [1.29, 1.82) is 0 Å². The van der Waals surface area contributed by atoms with Gasteiger partial charge in [0.15, 0.2) is 9.84 Å². The van der Waals surface area contributed by atoms with E-state index in [9.17, 15) is 23.3 Å². The molecule has 0 bridgehead atoms. The van der Waals surface area contributed by atoms with E-state index in [0.29, 0.717) is 13.0 Å². The number of nitrogens with zero attached hydrogens (tertiary/aromatic N) is 5. The van der Waals surface area contributed by atoms with E-state index in [1.54, 1.807) is 0 Å². The van der Waals surface area contributed by atoms with Crippen molar-refractivity contribution in [2.24, 2.45) is 5.92 Å². The van der Waals surface area contributed by atoms with E-state index in [1.165, 1.54) is 40.4 Å². The molecule has 1 amide bonds. The maximum absolute atomic E-state index is 13.1. The molecule has 1 fully saturated rings. The lowest BCUT2D eigenvalue weighted by Crippen LogP contribution is -2.43. The summed E-state index contributed by atoms with van der Waals surface area (Å²) in [6.45, 7) is 4.23. The third-order valence-corrected chi connectivity index (χ3v) is 6.31. The maximum atomic E-state index is 13.1. The molecule has 1 aliphatic heterocycles. The van der Waals surface area contributed by atoms with Crippen molar-refractivity contribution in [2.45, 2.75) is 26.3 Å². The zero-order valence-corrected chi connectivity index (χ0v) is 16.4. The summed E-state index contributed by atoms with van der Waals surface area (Å²) in [7, 11) is -3.17. The Bertz CT molecular complexity index is 987. The number of aromatic nitrogens is 3. The summed E-state index contributed by atoms with van der Waals surface area (Å²) in [5.41, 5.74) is 0.0540. The van der Waals surface area contributed by atoms with Crippen molar-refractivity contribution in [3.05, 3.63) is 46.5 Å². The van der Waals surface area contributed by atoms with Crippen LogP contribution in [0.3, 0.4) is 0 Å². The highest BCUT2D eigenvalue weighted by Gasteiger charge is 2.35. The SMILES string of the molecule is CC(C)CN(C(=O)c1ccc(-n2cncn2)c([N+](=O)[O-])c1)[C@H]1CCS(=O)(=O)C1. The zero-order chi connectivity index (χ0) is 20.5. The molecule has 3 rings (SSSR count). The Labute approximate surface area is 162 Å². The number of sulfone groups is 1. The number of hydrogen-bond acceptors (Lipinski definition) is 7. The van der Waals surface area contributed by atoms with Gasteiger partial charge in [-0.3, -0.25) is 14.9 Å². The van der Waals surface area contributed by atoms with Crippen LogP contribution < -0.4 is 0 Å². The number of hydrogen-bond donors (Lipinski definition) is 0. The number of nitro groups is 1. The van der Waals surface area contributed by atoms with Gasteiger partial charge in [0, 0.05) is 24.2 Å². The monoisotopic (exact) mass is 407 g/mol. The fraction of sp³-hybridized carbons (Fsp3) is 0.471. The molecule has 11 heteroatoms. The molecule has 2 aromatic rings. The predicted octanol–water partition coefficient (Wildman–Crippen LogP) is 1.46. The predicted molar refractivity (Wildman–Crippen MR) is 101 cm³/mol. The lowest BCUT2D eigenvalue weighted by atomic mass is 10.1. The van der Waals surface area contributed by atoms with Crippen molar-refractivity contribution in [3.8, 4) is 5.69 Å². The van der Waals surface area contributed by atoms with E-state index in [0.717, 1.165) is 0 Å². The molecule has 28 heavy (non-hydrogen) atoms. The minimum atomic E-state index is -3.17. The number of amides is 1. The molecular weight excluding hydrogens is 386 g/mol. The summed E-state index contributed by atoms with van der Waals surface area (Å²) in [6.07, 6.45) is 2.96. The van der Waals surface area contributed by atoms with Crippen molar-refractivity contribution in [2.75, 3.05) is 18.1 Å². The van der Waals surface area contributed by atoms with Gasteiger partial charge in [-0.25, -0.2) is 18.1 Å². The van der Waals surface area contributed by atoms with Gasteiger partial charge < -0.3 is 4.90 Å². The van der Waals surface area contributed by atoms with Gasteiger partial charge in [0.25, 0.3) is 11.6 Å².